The Morgan fingerprint density at radius 1 is 0.515 bits per heavy atom. The molecule has 0 bridgehead atoms. The molecule has 0 aliphatic heterocycles. The first-order valence-electron chi connectivity index (χ1n) is 9.12. The molecule has 11 heteroatoms. The Balaban J connectivity index is 0.000000209. The van der Waals surface area contributed by atoms with E-state index in [0.29, 0.717) is 21.7 Å². The van der Waals surface area contributed by atoms with E-state index in [1.165, 1.54) is 0 Å². The van der Waals surface area contributed by atoms with E-state index in [0.717, 1.165) is 11.4 Å². The van der Waals surface area contributed by atoms with Gasteiger partial charge in [0, 0.05) is 22.4 Å². The summed E-state index contributed by atoms with van der Waals surface area (Å²) in [7, 11) is 9.71. The number of halogens is 4. The summed E-state index contributed by atoms with van der Waals surface area (Å²) in [4.78, 5) is 8.05. The Kier molecular flexibility index (Phi) is 13.4. The Morgan fingerprint density at radius 2 is 0.879 bits per heavy atom. The summed E-state index contributed by atoms with van der Waals surface area (Å²) >= 11 is 11.1. The van der Waals surface area contributed by atoms with E-state index in [4.69, 9.17) is 42.6 Å². The van der Waals surface area contributed by atoms with Crippen LogP contribution < -0.4 is 0 Å². The van der Waals surface area contributed by atoms with Crippen molar-refractivity contribution in [2.75, 3.05) is 0 Å². The van der Waals surface area contributed by atoms with Gasteiger partial charge in [0.1, 0.15) is 0 Å². The number of benzene rings is 2. The van der Waals surface area contributed by atoms with Crippen molar-refractivity contribution in [2.24, 2.45) is 20.5 Å². The second-order valence-electron chi connectivity index (χ2n) is 5.78. The molecular weight excluding hydrogens is 591 g/mol. The number of aromatic nitrogens is 2. The van der Waals surface area contributed by atoms with Crippen LogP contribution in [0.25, 0.3) is 0 Å². The number of hydrogen-bond donors (Lipinski definition) is 0. The number of azo groups is 2. The third-order valence-electron chi connectivity index (χ3n) is 3.49. The van der Waals surface area contributed by atoms with Crippen molar-refractivity contribution in [1.82, 2.24) is 9.97 Å². The molecule has 0 aliphatic carbocycles. The van der Waals surface area contributed by atoms with Gasteiger partial charge in [-0.25, -0.2) is 9.97 Å². The average Bonchev–Trinajstić information content (AvgIpc) is 2.86. The molecule has 0 saturated heterocycles. The molecule has 2 aromatic carbocycles. The summed E-state index contributed by atoms with van der Waals surface area (Å²) in [5.74, 6) is 1.18. The van der Waals surface area contributed by atoms with Crippen LogP contribution in [0, 0.1) is 0 Å². The molecule has 0 saturated carbocycles. The summed E-state index contributed by atoms with van der Waals surface area (Å²) < 4.78 is 0. The molecule has 0 aliphatic rings. The molecule has 0 fully saturated rings. The summed E-state index contributed by atoms with van der Waals surface area (Å²) in [6.45, 7) is 0. The fourth-order valence-electron chi connectivity index (χ4n) is 2.06. The van der Waals surface area contributed by atoms with E-state index in [2.05, 4.69) is 30.4 Å². The monoisotopic (exact) mass is 606 g/mol. The molecular formula is C22H16Cl4N6Ru. The van der Waals surface area contributed by atoms with Gasteiger partial charge in [0.05, 0.1) is 11.4 Å². The van der Waals surface area contributed by atoms with Crippen molar-refractivity contribution < 1.29 is 15.1 Å². The Morgan fingerprint density at radius 3 is 1.18 bits per heavy atom. The third kappa shape index (κ3) is 11.9. The Labute approximate surface area is 217 Å². The van der Waals surface area contributed by atoms with Crippen molar-refractivity contribution in [2.45, 2.75) is 0 Å². The topological polar surface area (TPSA) is 75.2 Å². The zero-order valence-electron chi connectivity index (χ0n) is 16.8. The van der Waals surface area contributed by atoms with Crippen molar-refractivity contribution in [3.8, 4) is 0 Å². The van der Waals surface area contributed by atoms with Gasteiger partial charge in [-0.1, -0.05) is 35.3 Å². The van der Waals surface area contributed by atoms with Crippen LogP contribution in [-0.2, 0) is 15.1 Å². The van der Waals surface area contributed by atoms with E-state index in [9.17, 15) is 0 Å². The molecule has 170 valence electrons. The summed E-state index contributed by atoms with van der Waals surface area (Å²) in [6.07, 6.45) is 3.35. The average molecular weight is 607 g/mol. The minimum atomic E-state index is -0.346. The van der Waals surface area contributed by atoms with Crippen molar-refractivity contribution in [1.29, 1.82) is 0 Å². The van der Waals surface area contributed by atoms with E-state index < -0.39 is 0 Å². The second-order valence-corrected chi connectivity index (χ2v) is 9.29. The number of rotatable bonds is 4. The molecule has 4 rings (SSSR count). The van der Waals surface area contributed by atoms with Crippen LogP contribution in [0.1, 0.15) is 0 Å². The molecule has 0 spiro atoms. The van der Waals surface area contributed by atoms with Gasteiger partial charge in [-0.2, -0.15) is 0 Å². The molecule has 33 heavy (non-hydrogen) atoms. The summed E-state index contributed by atoms with van der Waals surface area (Å²) in [6, 6.07) is 25.3. The normalized spacial score (nSPS) is 10.4. The molecule has 2 heterocycles. The molecule has 0 atom stereocenters. The van der Waals surface area contributed by atoms with Gasteiger partial charge in [0.25, 0.3) is 0 Å². The first kappa shape index (κ1) is 27.0. The van der Waals surface area contributed by atoms with Gasteiger partial charge in [-0.15, -0.1) is 20.5 Å². The second kappa shape index (κ2) is 16.4. The van der Waals surface area contributed by atoms with Crippen LogP contribution in [0.3, 0.4) is 0 Å². The van der Waals surface area contributed by atoms with Gasteiger partial charge in [-0.05, 0) is 72.8 Å². The SMILES string of the molecule is Clc1ccc(N=Nc2ccccn2)cc1.Clc1ccc(N=Nc2ccccn2)cc1.[Cl][Ru][Cl]. The predicted octanol–water partition coefficient (Wildman–Crippen LogP) is 9.68. The van der Waals surface area contributed by atoms with Crippen LogP contribution in [-0.4, -0.2) is 9.97 Å². The molecule has 0 N–H and O–H groups in total. The summed E-state index contributed by atoms with van der Waals surface area (Å²) in [5.41, 5.74) is 1.51. The van der Waals surface area contributed by atoms with E-state index in [1.807, 2.05) is 24.3 Å². The van der Waals surface area contributed by atoms with Crippen molar-refractivity contribution >= 4 is 65.6 Å². The zero-order chi connectivity index (χ0) is 23.7. The molecule has 0 unspecified atom stereocenters. The first-order valence-corrected chi connectivity index (χ1v) is 14.4. The first-order chi connectivity index (χ1) is 16.1. The maximum absolute atomic E-state index is 5.74. The Hall–Kier alpha value is -2.28. The van der Waals surface area contributed by atoms with Crippen LogP contribution >= 0.6 is 42.6 Å². The van der Waals surface area contributed by atoms with Gasteiger partial charge in [0.2, 0.25) is 0 Å². The molecule has 0 radical (unpaired) electrons. The minimum absolute atomic E-state index is 0.346. The van der Waals surface area contributed by atoms with Crippen molar-refractivity contribution in [3.05, 3.63) is 107 Å². The van der Waals surface area contributed by atoms with Crippen LogP contribution in [0.2, 0.25) is 10.0 Å². The van der Waals surface area contributed by atoms with Crippen LogP contribution in [0.4, 0.5) is 23.0 Å². The van der Waals surface area contributed by atoms with Gasteiger partial charge in [0.15, 0.2) is 11.6 Å². The standard InChI is InChI=1S/2C11H8ClN3.2ClH.Ru/c2*12-9-4-6-10(7-5-9)14-15-11-3-1-2-8-13-11;;;/h2*1-8H;2*1H;/q;;;;+2/p-2. The Bertz CT molecular complexity index is 1020. The van der Waals surface area contributed by atoms with E-state index in [-0.39, 0.29) is 15.1 Å². The molecule has 2 aromatic heterocycles. The molecule has 0 amide bonds. The quantitative estimate of drug-likeness (QED) is 0.171. The molecule has 4 aromatic rings. The maximum atomic E-state index is 5.74. The third-order valence-corrected chi connectivity index (χ3v) is 3.99. The van der Waals surface area contributed by atoms with Gasteiger partial charge < -0.3 is 0 Å². The number of pyridine rings is 2. The molecule has 6 nitrogen and oxygen atoms in total. The van der Waals surface area contributed by atoms with Crippen LogP contribution in [0.15, 0.2) is 118 Å². The number of hydrogen-bond acceptors (Lipinski definition) is 6. The van der Waals surface area contributed by atoms with Gasteiger partial charge in [-0.3, -0.25) is 0 Å². The number of nitrogens with zero attached hydrogens (tertiary/aromatic N) is 6. The van der Waals surface area contributed by atoms with Crippen LogP contribution in [0.5, 0.6) is 0 Å². The zero-order valence-corrected chi connectivity index (χ0v) is 21.5. The predicted molar refractivity (Wildman–Crippen MR) is 131 cm³/mol. The fourth-order valence-corrected chi connectivity index (χ4v) is 2.31. The summed E-state index contributed by atoms with van der Waals surface area (Å²) in [5, 5.41) is 17.4. The fraction of sp³-hybridized carbons (Fsp3) is 0. The van der Waals surface area contributed by atoms with E-state index >= 15 is 0 Å². The van der Waals surface area contributed by atoms with Gasteiger partial charge >= 0.3 is 34.5 Å². The van der Waals surface area contributed by atoms with E-state index in [1.54, 1.807) is 73.1 Å². The van der Waals surface area contributed by atoms with Crippen molar-refractivity contribution in [3.63, 3.8) is 0 Å².